The SMILES string of the molecule is COc1ccc2cc(-c3ccc(-c4cccc5nccnc45)cc3)ccc2c1-c1c(OC)ccc2cc(-c3ccc(-c4cccc5nccnc45)cc3)ccc12. The molecule has 0 spiro atoms. The highest BCUT2D eigenvalue weighted by atomic mass is 16.5. The van der Waals surface area contributed by atoms with Crippen LogP contribution in [0, 0.1) is 0 Å². The van der Waals surface area contributed by atoms with Crippen molar-refractivity contribution < 1.29 is 9.47 Å². The summed E-state index contributed by atoms with van der Waals surface area (Å²) in [5, 5.41) is 4.39. The molecule has 6 nitrogen and oxygen atoms in total. The van der Waals surface area contributed by atoms with Crippen LogP contribution in [0.15, 0.2) is 170 Å². The van der Waals surface area contributed by atoms with Gasteiger partial charge in [-0.3, -0.25) is 19.9 Å². The monoisotopic (exact) mass is 722 g/mol. The molecule has 266 valence electrons. The largest absolute Gasteiger partial charge is 0.496 e. The minimum atomic E-state index is 0.788. The average Bonchev–Trinajstić information content (AvgIpc) is 3.27. The standard InChI is InChI=1S/C50H34N4O2/c1-55-45-23-19-37-29-35(31-9-13-33(14-10-31)41-5-3-7-43-49(41)53-27-25-51-43)17-21-39(37)47(45)48-40-22-18-36(30-38(40)20-24-46(48)56-2)32-11-15-34(16-12-32)42-6-4-8-44-50(42)54-28-26-52-44/h3-30H,1-2H3. The van der Waals surface area contributed by atoms with Crippen LogP contribution in [0.2, 0.25) is 0 Å². The van der Waals surface area contributed by atoms with Crippen molar-refractivity contribution in [3.8, 4) is 67.1 Å². The third kappa shape index (κ3) is 5.67. The molecule has 10 aromatic rings. The Labute approximate surface area is 323 Å². The molecule has 2 heterocycles. The summed E-state index contributed by atoms with van der Waals surface area (Å²) in [6, 6.07) is 51.2. The number of hydrogen-bond acceptors (Lipinski definition) is 6. The highest BCUT2D eigenvalue weighted by Gasteiger charge is 2.19. The van der Waals surface area contributed by atoms with Crippen molar-refractivity contribution in [3.05, 3.63) is 170 Å². The third-order valence-electron chi connectivity index (χ3n) is 10.7. The Hall–Kier alpha value is -7.44. The summed E-state index contributed by atoms with van der Waals surface area (Å²) in [6.07, 6.45) is 6.95. The molecule has 0 radical (unpaired) electrons. The third-order valence-corrected chi connectivity index (χ3v) is 10.7. The van der Waals surface area contributed by atoms with Crippen LogP contribution in [0.5, 0.6) is 11.5 Å². The second kappa shape index (κ2) is 13.8. The quantitative estimate of drug-likeness (QED) is 0.163. The molecular formula is C50H34N4O2. The maximum atomic E-state index is 6.05. The van der Waals surface area contributed by atoms with Crippen molar-refractivity contribution in [2.45, 2.75) is 0 Å². The van der Waals surface area contributed by atoms with Gasteiger partial charge in [0.2, 0.25) is 0 Å². The van der Waals surface area contributed by atoms with Gasteiger partial charge in [-0.25, -0.2) is 0 Å². The summed E-state index contributed by atoms with van der Waals surface area (Å²) in [7, 11) is 3.46. The Morgan fingerprint density at radius 1 is 0.357 bits per heavy atom. The number of benzene rings is 8. The smallest absolute Gasteiger partial charge is 0.127 e. The predicted octanol–water partition coefficient (Wildman–Crippen LogP) is 12.2. The highest BCUT2D eigenvalue weighted by Crippen LogP contribution is 2.46. The second-order valence-electron chi connectivity index (χ2n) is 13.8. The lowest BCUT2D eigenvalue weighted by Gasteiger charge is -2.18. The van der Waals surface area contributed by atoms with E-state index < -0.39 is 0 Å². The molecule has 0 fully saturated rings. The topological polar surface area (TPSA) is 70.0 Å². The predicted molar refractivity (Wildman–Crippen MR) is 228 cm³/mol. The zero-order chi connectivity index (χ0) is 37.6. The van der Waals surface area contributed by atoms with Crippen molar-refractivity contribution in [2.24, 2.45) is 0 Å². The molecule has 10 rings (SSSR count). The van der Waals surface area contributed by atoms with Crippen molar-refractivity contribution >= 4 is 43.6 Å². The lowest BCUT2D eigenvalue weighted by Crippen LogP contribution is -1.95. The first-order chi connectivity index (χ1) is 27.7. The molecule has 6 heteroatoms. The fourth-order valence-electron chi connectivity index (χ4n) is 7.97. The van der Waals surface area contributed by atoms with E-state index in [1.54, 1.807) is 39.0 Å². The summed E-state index contributed by atoms with van der Waals surface area (Å²) in [5.41, 5.74) is 14.4. The molecule has 0 aliphatic carbocycles. The Bertz CT molecular complexity index is 2880. The van der Waals surface area contributed by atoms with E-state index >= 15 is 0 Å². The maximum absolute atomic E-state index is 6.05. The molecule has 0 saturated carbocycles. The minimum absolute atomic E-state index is 0.788. The Balaban J connectivity index is 1.02. The zero-order valence-electron chi connectivity index (χ0n) is 30.8. The van der Waals surface area contributed by atoms with Crippen molar-refractivity contribution in [1.29, 1.82) is 0 Å². The number of nitrogens with zero attached hydrogens (tertiary/aromatic N) is 4. The van der Waals surface area contributed by atoms with Crippen LogP contribution in [0.4, 0.5) is 0 Å². The van der Waals surface area contributed by atoms with Crippen LogP contribution in [0.3, 0.4) is 0 Å². The van der Waals surface area contributed by atoms with Gasteiger partial charge >= 0.3 is 0 Å². The molecular weight excluding hydrogens is 689 g/mol. The maximum Gasteiger partial charge on any atom is 0.127 e. The van der Waals surface area contributed by atoms with Gasteiger partial charge in [0.05, 0.1) is 36.3 Å². The summed E-state index contributed by atoms with van der Waals surface area (Å²) < 4.78 is 12.1. The Morgan fingerprint density at radius 2 is 0.750 bits per heavy atom. The van der Waals surface area contributed by atoms with Gasteiger partial charge in [0, 0.05) is 47.0 Å². The van der Waals surface area contributed by atoms with Gasteiger partial charge < -0.3 is 9.47 Å². The molecule has 2 aromatic heterocycles. The van der Waals surface area contributed by atoms with Gasteiger partial charge in [0.25, 0.3) is 0 Å². The minimum Gasteiger partial charge on any atom is -0.496 e. The zero-order valence-corrected chi connectivity index (χ0v) is 30.8. The van der Waals surface area contributed by atoms with Gasteiger partial charge in [-0.15, -0.1) is 0 Å². The first-order valence-corrected chi connectivity index (χ1v) is 18.5. The first kappa shape index (κ1) is 33.2. The van der Waals surface area contributed by atoms with Gasteiger partial charge in [0.15, 0.2) is 0 Å². The van der Waals surface area contributed by atoms with Gasteiger partial charge in [-0.2, -0.15) is 0 Å². The van der Waals surface area contributed by atoms with Crippen molar-refractivity contribution in [2.75, 3.05) is 14.2 Å². The first-order valence-electron chi connectivity index (χ1n) is 18.5. The fraction of sp³-hybridized carbons (Fsp3) is 0.0400. The summed E-state index contributed by atoms with van der Waals surface area (Å²) in [6.45, 7) is 0. The van der Waals surface area contributed by atoms with E-state index in [9.17, 15) is 0 Å². The lowest BCUT2D eigenvalue weighted by atomic mass is 9.89. The van der Waals surface area contributed by atoms with Crippen molar-refractivity contribution in [1.82, 2.24) is 19.9 Å². The Kier molecular flexibility index (Phi) is 8.15. The van der Waals surface area contributed by atoms with E-state index in [1.807, 2.05) is 24.3 Å². The van der Waals surface area contributed by atoms with E-state index in [0.29, 0.717) is 0 Å². The molecule has 8 aromatic carbocycles. The molecule has 0 N–H and O–H groups in total. The van der Waals surface area contributed by atoms with Crippen LogP contribution in [0.1, 0.15) is 0 Å². The number of fused-ring (bicyclic) bond motifs is 4. The Morgan fingerprint density at radius 3 is 1.18 bits per heavy atom. The molecule has 0 unspecified atom stereocenters. The van der Waals surface area contributed by atoms with E-state index in [2.05, 4.69) is 141 Å². The number of aromatic nitrogens is 4. The summed E-state index contributed by atoms with van der Waals surface area (Å²) in [5.74, 6) is 1.58. The van der Waals surface area contributed by atoms with Gasteiger partial charge in [0.1, 0.15) is 11.5 Å². The van der Waals surface area contributed by atoms with E-state index in [1.165, 1.54) is 0 Å². The average molecular weight is 723 g/mol. The number of rotatable bonds is 7. The van der Waals surface area contributed by atoms with E-state index in [4.69, 9.17) is 9.47 Å². The number of methoxy groups -OCH3 is 2. The molecule has 56 heavy (non-hydrogen) atoms. The summed E-state index contributed by atoms with van der Waals surface area (Å²) >= 11 is 0. The van der Waals surface area contributed by atoms with Crippen LogP contribution >= 0.6 is 0 Å². The molecule has 0 bridgehead atoms. The number of hydrogen-bond donors (Lipinski definition) is 0. The lowest BCUT2D eigenvalue weighted by molar-refractivity contribution is 0.411. The van der Waals surface area contributed by atoms with Gasteiger partial charge in [-0.1, -0.05) is 109 Å². The van der Waals surface area contributed by atoms with E-state index in [-0.39, 0.29) is 0 Å². The van der Waals surface area contributed by atoms with Crippen LogP contribution in [-0.2, 0) is 0 Å². The normalized spacial score (nSPS) is 11.4. The second-order valence-corrected chi connectivity index (χ2v) is 13.8. The molecule has 0 saturated heterocycles. The van der Waals surface area contributed by atoms with Crippen molar-refractivity contribution in [3.63, 3.8) is 0 Å². The fourth-order valence-corrected chi connectivity index (χ4v) is 7.97. The molecule has 0 aliphatic rings. The number of ether oxygens (including phenoxy) is 2. The van der Waals surface area contributed by atoms with E-state index in [0.717, 1.165) is 111 Å². The molecule has 0 amide bonds. The van der Waals surface area contributed by atoms with Crippen LogP contribution in [0.25, 0.3) is 99.2 Å². The van der Waals surface area contributed by atoms with Gasteiger partial charge in [-0.05, 0) is 91.3 Å². The molecule has 0 atom stereocenters. The number of para-hydroxylation sites is 2. The van der Waals surface area contributed by atoms with Crippen LogP contribution in [-0.4, -0.2) is 34.2 Å². The summed E-state index contributed by atoms with van der Waals surface area (Å²) in [4.78, 5) is 18.2. The van der Waals surface area contributed by atoms with Crippen LogP contribution < -0.4 is 9.47 Å². The highest BCUT2D eigenvalue weighted by molar-refractivity contribution is 6.11. The molecule has 0 aliphatic heterocycles.